The molecule has 1 heterocycles. The van der Waals surface area contributed by atoms with Gasteiger partial charge in [0.2, 0.25) is 0 Å². The maximum Gasteiger partial charge on any atom is 0.425 e. The van der Waals surface area contributed by atoms with Crippen molar-refractivity contribution in [2.45, 2.75) is 24.7 Å². The van der Waals surface area contributed by atoms with Crippen LogP contribution in [0.1, 0.15) is 28.4 Å². The molecule has 2 amide bonds. The van der Waals surface area contributed by atoms with Crippen molar-refractivity contribution in [2.24, 2.45) is 5.92 Å². The topological polar surface area (TPSA) is 107 Å². The van der Waals surface area contributed by atoms with Gasteiger partial charge in [0.05, 0.1) is 5.25 Å². The van der Waals surface area contributed by atoms with Crippen molar-refractivity contribution in [1.29, 1.82) is 0 Å². The smallest absolute Gasteiger partial charge is 0.425 e. The highest BCUT2D eigenvalue weighted by atomic mass is 32.2. The standard InChI is InChI=1S/C22H21NO7S/c24-20-14-29-21(25)23(20)12-16-10-17-8-4-5-9-18(17)19(11-16)31(27,28)22(26)30-13-15-6-2-1-3-7-15/h1-9,16,19H,10-14H2/t16-,19?/m1/s1. The second kappa shape index (κ2) is 8.50. The van der Waals surface area contributed by atoms with Gasteiger partial charge in [-0.25, -0.2) is 22.9 Å². The Morgan fingerprint density at radius 1 is 1.06 bits per heavy atom. The minimum atomic E-state index is -4.32. The zero-order valence-corrected chi connectivity index (χ0v) is 17.4. The highest BCUT2D eigenvalue weighted by molar-refractivity contribution is 8.05. The van der Waals surface area contributed by atoms with Crippen LogP contribution in [-0.2, 0) is 37.1 Å². The Bertz CT molecular complexity index is 1100. The summed E-state index contributed by atoms with van der Waals surface area (Å²) in [6, 6.07) is 15.8. The van der Waals surface area contributed by atoms with Gasteiger partial charge in [-0.15, -0.1) is 0 Å². The van der Waals surface area contributed by atoms with E-state index in [-0.39, 0.29) is 32.1 Å². The first-order chi connectivity index (χ1) is 14.9. The normalized spacial score (nSPS) is 20.8. The molecule has 9 heteroatoms. The molecule has 8 nitrogen and oxygen atoms in total. The van der Waals surface area contributed by atoms with E-state index in [0.29, 0.717) is 17.5 Å². The van der Waals surface area contributed by atoms with E-state index in [1.54, 1.807) is 48.5 Å². The predicted molar refractivity (Wildman–Crippen MR) is 110 cm³/mol. The van der Waals surface area contributed by atoms with Crippen LogP contribution in [0.4, 0.5) is 9.59 Å². The molecular formula is C22H21NO7S. The zero-order valence-electron chi connectivity index (χ0n) is 16.6. The first-order valence-corrected chi connectivity index (χ1v) is 11.4. The zero-order chi connectivity index (χ0) is 22.0. The molecule has 2 atom stereocenters. The lowest BCUT2D eigenvalue weighted by Crippen LogP contribution is -2.38. The summed E-state index contributed by atoms with van der Waals surface area (Å²) in [5.74, 6) is -0.781. The number of ether oxygens (including phenoxy) is 2. The number of rotatable bonds is 5. The molecule has 31 heavy (non-hydrogen) atoms. The fourth-order valence-electron chi connectivity index (χ4n) is 4.02. The number of benzene rings is 2. The third-order valence-electron chi connectivity index (χ3n) is 5.55. The van der Waals surface area contributed by atoms with Crippen LogP contribution in [0, 0.1) is 5.92 Å². The first-order valence-electron chi connectivity index (χ1n) is 9.85. The van der Waals surface area contributed by atoms with Gasteiger partial charge in [0.1, 0.15) is 6.61 Å². The summed E-state index contributed by atoms with van der Waals surface area (Å²) >= 11 is 0. The van der Waals surface area contributed by atoms with Crippen LogP contribution in [0.15, 0.2) is 54.6 Å². The monoisotopic (exact) mass is 443 g/mol. The minimum Gasteiger partial charge on any atom is -0.449 e. The largest absolute Gasteiger partial charge is 0.449 e. The molecule has 0 aromatic heterocycles. The summed E-state index contributed by atoms with van der Waals surface area (Å²) in [5, 5.41) is -2.40. The number of nitrogens with zero attached hydrogens (tertiary/aromatic N) is 1. The Balaban J connectivity index is 1.55. The number of fused-ring (bicyclic) bond motifs is 1. The average Bonchev–Trinajstić information content (AvgIpc) is 3.09. The lowest BCUT2D eigenvalue weighted by Gasteiger charge is -2.31. The number of hydrogen-bond acceptors (Lipinski definition) is 7. The van der Waals surface area contributed by atoms with Crippen molar-refractivity contribution in [2.75, 3.05) is 13.2 Å². The predicted octanol–water partition coefficient (Wildman–Crippen LogP) is 3.02. The molecule has 0 N–H and O–H groups in total. The van der Waals surface area contributed by atoms with Crippen LogP contribution in [0.3, 0.4) is 0 Å². The molecule has 1 aliphatic heterocycles. The summed E-state index contributed by atoms with van der Waals surface area (Å²) in [4.78, 5) is 37.2. The number of cyclic esters (lactones) is 1. The summed E-state index contributed by atoms with van der Waals surface area (Å²) in [6.07, 6.45) is -0.152. The van der Waals surface area contributed by atoms with Gasteiger partial charge in [-0.2, -0.15) is 0 Å². The van der Waals surface area contributed by atoms with E-state index in [9.17, 15) is 22.8 Å². The van der Waals surface area contributed by atoms with E-state index in [0.717, 1.165) is 10.5 Å². The molecule has 0 radical (unpaired) electrons. The van der Waals surface area contributed by atoms with E-state index >= 15 is 0 Å². The molecule has 4 rings (SSSR count). The summed E-state index contributed by atoms with van der Waals surface area (Å²) in [7, 11) is -4.32. The van der Waals surface area contributed by atoms with Gasteiger partial charge in [0, 0.05) is 6.54 Å². The lowest BCUT2D eigenvalue weighted by atomic mass is 9.83. The van der Waals surface area contributed by atoms with Crippen molar-refractivity contribution in [3.8, 4) is 0 Å². The Labute approximate surface area is 179 Å². The molecule has 1 unspecified atom stereocenters. The fourth-order valence-corrected chi connectivity index (χ4v) is 5.57. The molecule has 1 fully saturated rings. The Morgan fingerprint density at radius 2 is 1.77 bits per heavy atom. The highest BCUT2D eigenvalue weighted by Crippen LogP contribution is 2.40. The second-order valence-electron chi connectivity index (χ2n) is 7.62. The Hall–Kier alpha value is -3.20. The van der Waals surface area contributed by atoms with Crippen LogP contribution < -0.4 is 0 Å². The van der Waals surface area contributed by atoms with Gasteiger partial charge < -0.3 is 9.47 Å². The van der Waals surface area contributed by atoms with E-state index in [1.807, 2.05) is 6.07 Å². The maximum atomic E-state index is 13.1. The van der Waals surface area contributed by atoms with E-state index < -0.39 is 32.4 Å². The Kier molecular flexibility index (Phi) is 5.77. The number of carbonyl (C=O) groups is 3. The van der Waals surface area contributed by atoms with Crippen molar-refractivity contribution in [1.82, 2.24) is 4.90 Å². The number of hydrogen-bond donors (Lipinski definition) is 0. The number of sulfone groups is 1. The van der Waals surface area contributed by atoms with E-state index in [2.05, 4.69) is 0 Å². The van der Waals surface area contributed by atoms with Crippen LogP contribution >= 0.6 is 0 Å². The summed E-state index contributed by atoms with van der Waals surface area (Å²) in [6.45, 7) is -0.419. The molecular weight excluding hydrogens is 422 g/mol. The molecule has 0 saturated carbocycles. The molecule has 2 aliphatic rings. The second-order valence-corrected chi connectivity index (χ2v) is 9.61. The van der Waals surface area contributed by atoms with Gasteiger partial charge in [0.25, 0.3) is 15.7 Å². The molecule has 2 aromatic carbocycles. The van der Waals surface area contributed by atoms with E-state index in [1.165, 1.54) is 0 Å². The van der Waals surface area contributed by atoms with Crippen LogP contribution in [0.5, 0.6) is 0 Å². The van der Waals surface area contributed by atoms with Gasteiger partial charge in [-0.1, -0.05) is 54.6 Å². The SMILES string of the molecule is O=C1COC(=O)N1C[C@@H]1Cc2ccccc2C(S(=O)(=O)C(=O)OCc2ccccc2)C1. The van der Waals surface area contributed by atoms with Crippen molar-refractivity contribution >= 4 is 27.1 Å². The Morgan fingerprint density at radius 3 is 2.48 bits per heavy atom. The quantitative estimate of drug-likeness (QED) is 0.654. The summed E-state index contributed by atoms with van der Waals surface area (Å²) in [5.41, 5.74) is 1.99. The third kappa shape index (κ3) is 4.32. The molecule has 162 valence electrons. The van der Waals surface area contributed by atoms with Gasteiger partial charge >= 0.3 is 11.4 Å². The van der Waals surface area contributed by atoms with Gasteiger partial charge in [0.15, 0.2) is 6.61 Å². The molecule has 1 aliphatic carbocycles. The maximum absolute atomic E-state index is 13.1. The number of carbonyl (C=O) groups excluding carboxylic acids is 3. The van der Waals surface area contributed by atoms with Crippen LogP contribution in [0.25, 0.3) is 0 Å². The average molecular weight is 443 g/mol. The van der Waals surface area contributed by atoms with E-state index in [4.69, 9.17) is 9.47 Å². The van der Waals surface area contributed by atoms with Crippen molar-refractivity contribution in [3.05, 3.63) is 71.3 Å². The molecule has 1 saturated heterocycles. The molecule has 2 aromatic rings. The lowest BCUT2D eigenvalue weighted by molar-refractivity contribution is -0.126. The minimum absolute atomic E-state index is 0.0388. The van der Waals surface area contributed by atoms with Crippen LogP contribution in [0.2, 0.25) is 0 Å². The first kappa shape index (κ1) is 21.0. The molecule has 0 bridgehead atoms. The fraction of sp³-hybridized carbons (Fsp3) is 0.318. The van der Waals surface area contributed by atoms with Crippen molar-refractivity contribution < 1.29 is 32.3 Å². The van der Waals surface area contributed by atoms with Crippen LogP contribution in [-0.4, -0.2) is 43.8 Å². The van der Waals surface area contributed by atoms with Crippen molar-refractivity contribution in [3.63, 3.8) is 0 Å². The van der Waals surface area contributed by atoms with Gasteiger partial charge in [-0.05, 0) is 35.4 Å². The number of amides is 2. The van der Waals surface area contributed by atoms with Gasteiger partial charge in [-0.3, -0.25) is 4.79 Å². The summed E-state index contributed by atoms with van der Waals surface area (Å²) < 4.78 is 36.1. The highest BCUT2D eigenvalue weighted by Gasteiger charge is 2.43. The number of imide groups is 1. The third-order valence-corrected chi connectivity index (χ3v) is 7.32. The molecule has 0 spiro atoms.